The summed E-state index contributed by atoms with van der Waals surface area (Å²) in [6.07, 6.45) is -2.37. The number of H-pyrrole nitrogens is 1. The van der Waals surface area contributed by atoms with Crippen LogP contribution in [-0.4, -0.2) is 38.7 Å². The number of nitrogens with one attached hydrogen (secondary N) is 1. The lowest BCUT2D eigenvalue weighted by Crippen LogP contribution is -2.39. The average Bonchev–Trinajstić information content (AvgIpc) is 3.00. The highest BCUT2D eigenvalue weighted by Gasteiger charge is 2.35. The molecule has 0 unspecified atom stereocenters. The molecular formula is C15H15F3N4O3. The summed E-state index contributed by atoms with van der Waals surface area (Å²) < 4.78 is 42.4. The van der Waals surface area contributed by atoms with Gasteiger partial charge in [-0.2, -0.15) is 13.2 Å². The molecule has 25 heavy (non-hydrogen) atoms. The second-order valence-electron chi connectivity index (χ2n) is 5.78. The Morgan fingerprint density at radius 3 is 2.88 bits per heavy atom. The van der Waals surface area contributed by atoms with E-state index in [1.54, 1.807) is 0 Å². The van der Waals surface area contributed by atoms with Crippen LogP contribution in [0.25, 0.3) is 0 Å². The predicted octanol–water partition coefficient (Wildman–Crippen LogP) is 2.23. The Morgan fingerprint density at radius 2 is 2.16 bits per heavy atom. The zero-order chi connectivity index (χ0) is 18.0. The Hall–Kier alpha value is -2.65. The van der Waals surface area contributed by atoms with Crippen molar-refractivity contribution in [3.63, 3.8) is 0 Å². The van der Waals surface area contributed by atoms with Crippen LogP contribution in [0.3, 0.4) is 0 Å². The molecule has 1 fully saturated rings. The van der Waals surface area contributed by atoms with Gasteiger partial charge < -0.3 is 14.3 Å². The van der Waals surface area contributed by atoms with Gasteiger partial charge in [-0.3, -0.25) is 9.59 Å². The Morgan fingerprint density at radius 1 is 1.36 bits per heavy atom. The molecule has 0 aromatic carbocycles. The molecule has 2 aromatic heterocycles. The minimum absolute atomic E-state index is 0.0165. The number of carbonyl (C=O) groups excluding carboxylic acids is 1. The lowest BCUT2D eigenvalue weighted by Gasteiger charge is -2.33. The van der Waals surface area contributed by atoms with Crippen LogP contribution in [0.5, 0.6) is 0 Å². The number of carbonyl (C=O) groups is 1. The zero-order valence-corrected chi connectivity index (χ0v) is 13.0. The van der Waals surface area contributed by atoms with E-state index in [0.717, 1.165) is 12.8 Å². The second kappa shape index (κ2) is 6.69. The van der Waals surface area contributed by atoms with Crippen LogP contribution in [-0.2, 0) is 6.42 Å². The van der Waals surface area contributed by atoms with Crippen LogP contribution in [0, 0.1) is 0 Å². The van der Waals surface area contributed by atoms with Crippen molar-refractivity contribution in [2.24, 2.45) is 0 Å². The van der Waals surface area contributed by atoms with E-state index in [1.165, 1.54) is 23.2 Å². The van der Waals surface area contributed by atoms with Gasteiger partial charge in [0.1, 0.15) is 12.5 Å². The SMILES string of the molecule is O=C(c1cc[nH]c(=O)c1)N1CCCC[C@@H]1c1nnc(CC(F)(F)F)o1. The molecule has 0 aliphatic carbocycles. The van der Waals surface area contributed by atoms with E-state index in [4.69, 9.17) is 4.42 Å². The third-order valence-electron chi connectivity index (χ3n) is 3.90. The van der Waals surface area contributed by atoms with Gasteiger partial charge in [-0.1, -0.05) is 0 Å². The van der Waals surface area contributed by atoms with Crippen LogP contribution < -0.4 is 5.56 Å². The van der Waals surface area contributed by atoms with Crippen molar-refractivity contribution in [1.82, 2.24) is 20.1 Å². The van der Waals surface area contributed by atoms with E-state index < -0.39 is 36.0 Å². The molecule has 134 valence electrons. The monoisotopic (exact) mass is 356 g/mol. The first-order valence-electron chi connectivity index (χ1n) is 7.72. The molecule has 3 rings (SSSR count). The summed E-state index contributed by atoms with van der Waals surface area (Å²) in [5.41, 5.74) is -0.213. The molecule has 1 aliphatic rings. The Balaban J connectivity index is 1.84. The van der Waals surface area contributed by atoms with Gasteiger partial charge in [-0.15, -0.1) is 10.2 Å². The van der Waals surface area contributed by atoms with Gasteiger partial charge in [0.05, 0.1) is 0 Å². The summed E-state index contributed by atoms with van der Waals surface area (Å²) in [7, 11) is 0. The number of aromatic amines is 1. The van der Waals surface area contributed by atoms with Crippen molar-refractivity contribution in [2.75, 3.05) is 6.54 Å². The summed E-state index contributed by atoms with van der Waals surface area (Å²) >= 11 is 0. The van der Waals surface area contributed by atoms with E-state index in [-0.39, 0.29) is 11.5 Å². The molecule has 0 bridgehead atoms. The van der Waals surface area contributed by atoms with Crippen molar-refractivity contribution in [3.8, 4) is 0 Å². The Labute approximate surface area is 139 Å². The van der Waals surface area contributed by atoms with Gasteiger partial charge in [0.2, 0.25) is 17.3 Å². The Kier molecular flexibility index (Phi) is 4.60. The quantitative estimate of drug-likeness (QED) is 0.910. The van der Waals surface area contributed by atoms with Gasteiger partial charge in [0, 0.05) is 24.4 Å². The number of hydrogen-bond donors (Lipinski definition) is 1. The van der Waals surface area contributed by atoms with Crippen LogP contribution in [0.1, 0.15) is 47.4 Å². The largest absolute Gasteiger partial charge is 0.423 e. The standard InChI is InChI=1S/C15H15F3N4O3/c16-15(17,18)8-12-20-21-13(25-12)10-3-1-2-6-22(10)14(24)9-4-5-19-11(23)7-9/h4-5,7,10H,1-3,6,8H2,(H,19,23)/t10-/m1/s1. The fourth-order valence-electron chi connectivity index (χ4n) is 2.82. The molecule has 1 atom stereocenters. The lowest BCUT2D eigenvalue weighted by molar-refractivity contribution is -0.131. The van der Waals surface area contributed by atoms with E-state index in [0.29, 0.717) is 13.0 Å². The number of hydrogen-bond acceptors (Lipinski definition) is 5. The van der Waals surface area contributed by atoms with Crippen molar-refractivity contribution in [2.45, 2.75) is 37.9 Å². The molecule has 1 saturated heterocycles. The van der Waals surface area contributed by atoms with Crippen molar-refractivity contribution < 1.29 is 22.4 Å². The predicted molar refractivity (Wildman–Crippen MR) is 78.7 cm³/mol. The molecule has 7 nitrogen and oxygen atoms in total. The summed E-state index contributed by atoms with van der Waals surface area (Å²) in [6, 6.07) is 2.05. The zero-order valence-electron chi connectivity index (χ0n) is 13.0. The number of nitrogens with zero attached hydrogens (tertiary/aromatic N) is 3. The van der Waals surface area contributed by atoms with E-state index >= 15 is 0 Å². The summed E-state index contributed by atoms with van der Waals surface area (Å²) in [5, 5.41) is 7.12. The van der Waals surface area contributed by atoms with Gasteiger partial charge >= 0.3 is 6.18 Å². The molecule has 0 spiro atoms. The third-order valence-corrected chi connectivity index (χ3v) is 3.90. The molecule has 0 saturated carbocycles. The number of aromatic nitrogens is 3. The number of alkyl halides is 3. The minimum Gasteiger partial charge on any atom is -0.423 e. The minimum atomic E-state index is -4.45. The highest BCUT2D eigenvalue weighted by atomic mass is 19.4. The first kappa shape index (κ1) is 17.2. The van der Waals surface area contributed by atoms with Crippen LogP contribution >= 0.6 is 0 Å². The molecule has 1 amide bonds. The maximum atomic E-state index is 12.7. The molecule has 10 heteroatoms. The smallest absolute Gasteiger partial charge is 0.397 e. The molecule has 2 aromatic rings. The van der Waals surface area contributed by atoms with E-state index in [1.807, 2.05) is 0 Å². The first-order valence-corrected chi connectivity index (χ1v) is 7.72. The molecule has 0 radical (unpaired) electrons. The van der Waals surface area contributed by atoms with E-state index in [2.05, 4.69) is 15.2 Å². The highest BCUT2D eigenvalue weighted by Crippen LogP contribution is 2.32. The summed E-state index contributed by atoms with van der Waals surface area (Å²) in [6.45, 7) is 0.396. The van der Waals surface area contributed by atoms with E-state index in [9.17, 15) is 22.8 Å². The number of rotatable bonds is 3. The van der Waals surface area contributed by atoms with Gasteiger partial charge in [-0.05, 0) is 25.3 Å². The molecular weight excluding hydrogens is 341 g/mol. The van der Waals surface area contributed by atoms with Crippen molar-refractivity contribution in [3.05, 3.63) is 46.0 Å². The molecule has 3 heterocycles. The van der Waals surface area contributed by atoms with Crippen molar-refractivity contribution >= 4 is 5.91 Å². The van der Waals surface area contributed by atoms with Gasteiger partial charge in [-0.25, -0.2) is 0 Å². The average molecular weight is 356 g/mol. The summed E-state index contributed by atoms with van der Waals surface area (Å²) in [4.78, 5) is 28.0. The third kappa shape index (κ3) is 4.06. The van der Waals surface area contributed by atoms with Crippen LogP contribution in [0.15, 0.2) is 27.5 Å². The number of amides is 1. The highest BCUT2D eigenvalue weighted by molar-refractivity contribution is 5.94. The van der Waals surface area contributed by atoms with Gasteiger partial charge in [0.15, 0.2) is 0 Å². The Bertz CT molecular complexity index is 815. The topological polar surface area (TPSA) is 92.1 Å². The van der Waals surface area contributed by atoms with Crippen LogP contribution in [0.4, 0.5) is 13.2 Å². The normalized spacial score (nSPS) is 18.4. The van der Waals surface area contributed by atoms with Crippen molar-refractivity contribution in [1.29, 1.82) is 0 Å². The van der Waals surface area contributed by atoms with Crippen LogP contribution in [0.2, 0.25) is 0 Å². The number of piperidine rings is 1. The van der Waals surface area contributed by atoms with Gasteiger partial charge in [0.25, 0.3) is 5.91 Å². The number of pyridine rings is 1. The first-order chi connectivity index (χ1) is 11.8. The maximum absolute atomic E-state index is 12.7. The molecule has 1 N–H and O–H groups in total. The number of likely N-dealkylation sites (tertiary alicyclic amines) is 1. The maximum Gasteiger partial charge on any atom is 0.397 e. The number of halogens is 3. The molecule has 1 aliphatic heterocycles. The summed E-state index contributed by atoms with van der Waals surface area (Å²) in [5.74, 6) is -0.944. The fraction of sp³-hybridized carbons (Fsp3) is 0.467. The fourth-order valence-corrected chi connectivity index (χ4v) is 2.82. The lowest BCUT2D eigenvalue weighted by atomic mass is 10.0. The second-order valence-corrected chi connectivity index (χ2v) is 5.78.